The van der Waals surface area contributed by atoms with E-state index in [2.05, 4.69) is 24.4 Å². The molecular weight excluding hydrogens is 252 g/mol. The third kappa shape index (κ3) is 4.23. The largest absolute Gasteiger partial charge is 0.449 e. The van der Waals surface area contributed by atoms with Crippen molar-refractivity contribution in [2.24, 2.45) is 0 Å². The first-order chi connectivity index (χ1) is 9.81. The molecule has 20 heavy (non-hydrogen) atoms. The molecule has 0 bridgehead atoms. The predicted molar refractivity (Wildman–Crippen MR) is 79.6 cm³/mol. The van der Waals surface area contributed by atoms with E-state index in [1.165, 1.54) is 5.56 Å². The Morgan fingerprint density at radius 2 is 2.20 bits per heavy atom. The summed E-state index contributed by atoms with van der Waals surface area (Å²) in [4.78, 5) is 13.9. The molecule has 1 saturated heterocycles. The van der Waals surface area contributed by atoms with E-state index in [9.17, 15) is 4.79 Å². The first kappa shape index (κ1) is 14.9. The molecule has 1 heterocycles. The number of amides is 1. The Morgan fingerprint density at radius 3 is 2.95 bits per heavy atom. The van der Waals surface area contributed by atoms with Gasteiger partial charge in [0.25, 0.3) is 0 Å². The molecule has 0 saturated carbocycles. The van der Waals surface area contributed by atoms with Crippen LogP contribution in [-0.4, -0.2) is 37.2 Å². The lowest BCUT2D eigenvalue weighted by Gasteiger charge is -2.24. The van der Waals surface area contributed by atoms with Crippen LogP contribution in [0.4, 0.5) is 4.79 Å². The lowest BCUT2D eigenvalue weighted by molar-refractivity contribution is 0.100. The molecule has 1 fully saturated rings. The third-order valence-corrected chi connectivity index (χ3v) is 3.58. The van der Waals surface area contributed by atoms with Crippen LogP contribution in [0.5, 0.6) is 0 Å². The number of benzene rings is 1. The molecule has 4 nitrogen and oxygen atoms in total. The van der Waals surface area contributed by atoms with Crippen LogP contribution < -0.4 is 5.32 Å². The van der Waals surface area contributed by atoms with Gasteiger partial charge in [0.05, 0.1) is 12.6 Å². The van der Waals surface area contributed by atoms with Gasteiger partial charge < -0.3 is 15.0 Å². The van der Waals surface area contributed by atoms with Crippen molar-refractivity contribution in [1.29, 1.82) is 0 Å². The SMILES string of the molecule is CCCCOC(=O)N1CCCNC(c2ccccc2)C1. The van der Waals surface area contributed by atoms with E-state index in [0.717, 1.165) is 32.4 Å². The summed E-state index contributed by atoms with van der Waals surface area (Å²) in [6, 6.07) is 10.5. The molecule has 1 aliphatic heterocycles. The fourth-order valence-electron chi connectivity index (χ4n) is 2.39. The summed E-state index contributed by atoms with van der Waals surface area (Å²) in [5.74, 6) is 0. The first-order valence-corrected chi connectivity index (χ1v) is 7.51. The zero-order valence-corrected chi connectivity index (χ0v) is 12.2. The number of carbonyl (C=O) groups excluding carboxylic acids is 1. The van der Waals surface area contributed by atoms with Crippen molar-refractivity contribution in [3.05, 3.63) is 35.9 Å². The minimum Gasteiger partial charge on any atom is -0.449 e. The quantitative estimate of drug-likeness (QED) is 0.860. The molecule has 1 aliphatic rings. The van der Waals surface area contributed by atoms with Crippen LogP contribution in [0.1, 0.15) is 37.8 Å². The zero-order chi connectivity index (χ0) is 14.2. The van der Waals surface area contributed by atoms with Gasteiger partial charge in [-0.1, -0.05) is 43.7 Å². The molecule has 1 aromatic carbocycles. The smallest absolute Gasteiger partial charge is 0.409 e. The number of hydrogen-bond donors (Lipinski definition) is 1. The second-order valence-electron chi connectivity index (χ2n) is 5.18. The van der Waals surface area contributed by atoms with Crippen LogP contribution in [0, 0.1) is 0 Å². The topological polar surface area (TPSA) is 41.6 Å². The molecule has 0 aromatic heterocycles. The van der Waals surface area contributed by atoms with Crippen molar-refractivity contribution in [2.45, 2.75) is 32.2 Å². The highest BCUT2D eigenvalue weighted by atomic mass is 16.6. The number of ether oxygens (including phenoxy) is 1. The Bertz CT molecular complexity index is 408. The van der Waals surface area contributed by atoms with Crippen LogP contribution in [0.25, 0.3) is 0 Å². The van der Waals surface area contributed by atoms with Gasteiger partial charge in [0.15, 0.2) is 0 Å². The van der Waals surface area contributed by atoms with E-state index in [1.54, 1.807) is 0 Å². The molecule has 0 spiro atoms. The average molecular weight is 276 g/mol. The van der Waals surface area contributed by atoms with Gasteiger partial charge in [-0.05, 0) is 24.9 Å². The van der Waals surface area contributed by atoms with Gasteiger partial charge in [0.2, 0.25) is 0 Å². The van der Waals surface area contributed by atoms with Gasteiger partial charge in [-0.3, -0.25) is 0 Å². The van der Waals surface area contributed by atoms with Crippen LogP contribution in [0.3, 0.4) is 0 Å². The Kier molecular flexibility index (Phi) is 5.87. The van der Waals surface area contributed by atoms with Gasteiger partial charge in [-0.25, -0.2) is 4.79 Å². The number of unbranched alkanes of at least 4 members (excludes halogenated alkanes) is 1. The second-order valence-corrected chi connectivity index (χ2v) is 5.18. The number of carbonyl (C=O) groups is 1. The average Bonchev–Trinajstić information content (AvgIpc) is 2.74. The predicted octanol–water partition coefficient (Wildman–Crippen LogP) is 2.96. The number of nitrogens with one attached hydrogen (secondary N) is 1. The molecule has 1 amide bonds. The van der Waals surface area contributed by atoms with Crippen molar-refractivity contribution in [2.75, 3.05) is 26.2 Å². The van der Waals surface area contributed by atoms with Gasteiger partial charge in [-0.15, -0.1) is 0 Å². The van der Waals surface area contributed by atoms with Crippen molar-refractivity contribution in [1.82, 2.24) is 10.2 Å². The fraction of sp³-hybridized carbons (Fsp3) is 0.562. The minimum atomic E-state index is -0.178. The Balaban J connectivity index is 1.94. The molecule has 2 rings (SSSR count). The molecule has 0 aliphatic carbocycles. The molecule has 1 atom stereocenters. The van der Waals surface area contributed by atoms with Crippen molar-refractivity contribution >= 4 is 6.09 Å². The first-order valence-electron chi connectivity index (χ1n) is 7.51. The maximum absolute atomic E-state index is 12.1. The number of hydrogen-bond acceptors (Lipinski definition) is 3. The molecule has 4 heteroatoms. The Morgan fingerprint density at radius 1 is 1.40 bits per heavy atom. The molecule has 1 unspecified atom stereocenters. The molecule has 0 radical (unpaired) electrons. The normalized spacial score (nSPS) is 19.4. The van der Waals surface area contributed by atoms with Crippen molar-refractivity contribution in [3.63, 3.8) is 0 Å². The van der Waals surface area contributed by atoms with Crippen LogP contribution in [0.15, 0.2) is 30.3 Å². The molecule has 110 valence electrons. The number of nitrogens with zero attached hydrogens (tertiary/aromatic N) is 1. The van der Waals surface area contributed by atoms with Crippen molar-refractivity contribution < 1.29 is 9.53 Å². The zero-order valence-electron chi connectivity index (χ0n) is 12.2. The molecule has 1 aromatic rings. The summed E-state index contributed by atoms with van der Waals surface area (Å²) < 4.78 is 5.32. The van der Waals surface area contributed by atoms with Gasteiger partial charge in [-0.2, -0.15) is 0 Å². The van der Waals surface area contributed by atoms with E-state index < -0.39 is 0 Å². The highest BCUT2D eigenvalue weighted by molar-refractivity contribution is 5.67. The number of rotatable bonds is 4. The van der Waals surface area contributed by atoms with Crippen LogP contribution in [0.2, 0.25) is 0 Å². The van der Waals surface area contributed by atoms with Crippen LogP contribution in [-0.2, 0) is 4.74 Å². The van der Waals surface area contributed by atoms with Crippen molar-refractivity contribution in [3.8, 4) is 0 Å². The summed E-state index contributed by atoms with van der Waals surface area (Å²) in [5, 5.41) is 3.50. The summed E-state index contributed by atoms with van der Waals surface area (Å²) >= 11 is 0. The van der Waals surface area contributed by atoms with E-state index >= 15 is 0 Å². The fourth-order valence-corrected chi connectivity index (χ4v) is 2.39. The monoisotopic (exact) mass is 276 g/mol. The van der Waals surface area contributed by atoms with Crippen LogP contribution >= 0.6 is 0 Å². The summed E-state index contributed by atoms with van der Waals surface area (Å²) in [5.41, 5.74) is 1.22. The maximum Gasteiger partial charge on any atom is 0.409 e. The third-order valence-electron chi connectivity index (χ3n) is 3.58. The van der Waals surface area contributed by atoms with E-state index in [4.69, 9.17) is 4.74 Å². The Labute approximate surface area is 121 Å². The maximum atomic E-state index is 12.1. The Hall–Kier alpha value is -1.55. The van der Waals surface area contributed by atoms with E-state index in [1.807, 2.05) is 23.1 Å². The summed E-state index contributed by atoms with van der Waals surface area (Å²) in [7, 11) is 0. The lowest BCUT2D eigenvalue weighted by atomic mass is 10.1. The molecule has 1 N–H and O–H groups in total. The second kappa shape index (κ2) is 7.90. The summed E-state index contributed by atoms with van der Waals surface area (Å²) in [6.45, 7) is 4.99. The van der Waals surface area contributed by atoms with E-state index in [-0.39, 0.29) is 12.1 Å². The van der Waals surface area contributed by atoms with Gasteiger partial charge in [0.1, 0.15) is 0 Å². The van der Waals surface area contributed by atoms with E-state index in [0.29, 0.717) is 13.2 Å². The minimum absolute atomic E-state index is 0.178. The lowest BCUT2D eigenvalue weighted by Crippen LogP contribution is -2.36. The van der Waals surface area contributed by atoms with Gasteiger partial charge >= 0.3 is 6.09 Å². The highest BCUT2D eigenvalue weighted by Crippen LogP contribution is 2.17. The standard InChI is InChI=1S/C16H24N2O2/c1-2-3-12-20-16(19)18-11-7-10-17-15(13-18)14-8-5-4-6-9-14/h4-6,8-9,15,17H,2-3,7,10-13H2,1H3. The highest BCUT2D eigenvalue weighted by Gasteiger charge is 2.23. The van der Waals surface area contributed by atoms with Gasteiger partial charge in [0, 0.05) is 13.1 Å². The summed E-state index contributed by atoms with van der Waals surface area (Å²) in [6.07, 6.45) is 2.76. The molecular formula is C16H24N2O2.